The summed E-state index contributed by atoms with van der Waals surface area (Å²) in [5.74, 6) is 1.84. The molecule has 322 valence electrons. The molecule has 0 atom stereocenters. The zero-order valence-electron chi connectivity index (χ0n) is 38.3. The predicted octanol–water partition coefficient (Wildman–Crippen LogP) is 15.7. The Morgan fingerprint density at radius 3 is 1.59 bits per heavy atom. The van der Waals surface area contributed by atoms with Crippen molar-refractivity contribution in [3.05, 3.63) is 222 Å². The van der Waals surface area contributed by atoms with E-state index in [1.807, 2.05) is 36.4 Å². The van der Waals surface area contributed by atoms with E-state index in [0.717, 1.165) is 44.2 Å². The number of para-hydroxylation sites is 2. The van der Waals surface area contributed by atoms with Crippen LogP contribution in [0.15, 0.2) is 200 Å². The molecule has 9 aromatic carbocycles. The monoisotopic (exact) mass is 871 g/mol. The largest absolute Gasteiger partial charge is 0.309 e. The first-order valence-corrected chi connectivity index (χ1v) is 23.6. The van der Waals surface area contributed by atoms with Crippen LogP contribution in [0.1, 0.15) is 49.9 Å². The van der Waals surface area contributed by atoms with Crippen LogP contribution in [0.2, 0.25) is 0 Å². The van der Waals surface area contributed by atoms with E-state index < -0.39 is 0 Å². The van der Waals surface area contributed by atoms with Gasteiger partial charge in [0.15, 0.2) is 11.6 Å². The van der Waals surface area contributed by atoms with Crippen molar-refractivity contribution < 1.29 is 0 Å². The highest BCUT2D eigenvalue weighted by Gasteiger charge is 2.40. The third-order valence-corrected chi connectivity index (χ3v) is 15.1. The number of hydrogen-bond donors (Lipinski definition) is 0. The van der Waals surface area contributed by atoms with Crippen molar-refractivity contribution in [1.82, 2.24) is 24.1 Å². The van der Waals surface area contributed by atoms with E-state index >= 15 is 0 Å². The number of benzene rings is 9. The van der Waals surface area contributed by atoms with Crippen molar-refractivity contribution in [2.24, 2.45) is 0 Å². The molecule has 5 nitrogen and oxygen atoms in total. The van der Waals surface area contributed by atoms with Crippen LogP contribution < -0.4 is 0 Å². The van der Waals surface area contributed by atoms with E-state index in [1.165, 1.54) is 71.9 Å². The minimum absolute atomic E-state index is 0.136. The fourth-order valence-corrected chi connectivity index (χ4v) is 12.0. The highest BCUT2D eigenvalue weighted by molar-refractivity contribution is 6.19. The van der Waals surface area contributed by atoms with E-state index in [2.05, 4.69) is 201 Å². The molecule has 0 spiro atoms. The molecule has 5 heteroatoms. The summed E-state index contributed by atoms with van der Waals surface area (Å²) in [7, 11) is 0. The van der Waals surface area contributed by atoms with Crippen LogP contribution in [0.4, 0.5) is 0 Å². The van der Waals surface area contributed by atoms with Gasteiger partial charge in [0, 0.05) is 54.8 Å². The minimum atomic E-state index is -0.330. The van der Waals surface area contributed by atoms with Crippen LogP contribution in [-0.2, 0) is 10.8 Å². The number of nitrogens with zero attached hydrogens (tertiary/aromatic N) is 5. The van der Waals surface area contributed by atoms with Gasteiger partial charge in [-0.2, -0.15) is 9.97 Å². The van der Waals surface area contributed by atoms with Gasteiger partial charge in [0.2, 0.25) is 5.95 Å². The third-order valence-electron chi connectivity index (χ3n) is 15.1. The number of aromatic nitrogens is 5. The highest BCUT2D eigenvalue weighted by Crippen LogP contribution is 2.57. The summed E-state index contributed by atoms with van der Waals surface area (Å²) in [4.78, 5) is 15.9. The quantitative estimate of drug-likeness (QED) is 0.173. The molecule has 0 amide bonds. The topological polar surface area (TPSA) is 48.5 Å². The Labute approximate surface area is 394 Å². The molecule has 2 aliphatic carbocycles. The Hall–Kier alpha value is -8.41. The van der Waals surface area contributed by atoms with Crippen molar-refractivity contribution in [3.8, 4) is 67.8 Å². The van der Waals surface area contributed by atoms with Gasteiger partial charge in [-0.15, -0.1) is 0 Å². The van der Waals surface area contributed by atoms with Crippen LogP contribution in [-0.4, -0.2) is 24.1 Å². The number of fused-ring (bicyclic) bond motifs is 12. The highest BCUT2D eigenvalue weighted by atomic mass is 15.2. The number of hydrogen-bond acceptors (Lipinski definition) is 3. The van der Waals surface area contributed by atoms with Gasteiger partial charge in [-0.1, -0.05) is 179 Å². The molecule has 12 aromatic rings. The second-order valence-electron chi connectivity index (χ2n) is 19.6. The van der Waals surface area contributed by atoms with Gasteiger partial charge in [0.25, 0.3) is 0 Å². The lowest BCUT2D eigenvalue weighted by Gasteiger charge is -2.26. The van der Waals surface area contributed by atoms with Gasteiger partial charge in [-0.3, -0.25) is 4.57 Å². The third kappa shape index (κ3) is 5.35. The normalized spacial score (nSPS) is 14.1. The summed E-state index contributed by atoms with van der Waals surface area (Å²) in [5.41, 5.74) is 19.9. The molecule has 3 heterocycles. The maximum absolute atomic E-state index is 5.40. The lowest BCUT2D eigenvalue weighted by atomic mass is 9.78. The maximum atomic E-state index is 5.40. The Kier molecular flexibility index (Phi) is 8.02. The summed E-state index contributed by atoms with van der Waals surface area (Å²) in [6.45, 7) is 9.53. The summed E-state index contributed by atoms with van der Waals surface area (Å²) in [6, 6.07) is 72.7. The standard InChI is InChI=1S/C63H45N5/c1-62(2)50-29-17-14-26-42(50)45-35-47-46-34-40(32-33-54(46)67(55(47)37-52(45)62)41-24-12-7-13-25-41)56-57-48(43-27-15-18-30-51(43)63(57,3)4)36-49-44-28-16-19-31-53(44)68(58(49)56)61-65-59(38-20-8-5-9-21-38)64-60(66-61)39-22-10-6-11-23-39/h5-37H,1-4H3. The molecule has 0 radical (unpaired) electrons. The van der Waals surface area contributed by atoms with Crippen molar-refractivity contribution in [1.29, 1.82) is 0 Å². The van der Waals surface area contributed by atoms with Gasteiger partial charge < -0.3 is 4.57 Å². The van der Waals surface area contributed by atoms with Crippen LogP contribution in [0.25, 0.3) is 111 Å². The van der Waals surface area contributed by atoms with Gasteiger partial charge >= 0.3 is 0 Å². The summed E-state index contributed by atoms with van der Waals surface area (Å²) in [5, 5.41) is 4.76. The van der Waals surface area contributed by atoms with E-state index in [9.17, 15) is 0 Å². The predicted molar refractivity (Wildman–Crippen MR) is 280 cm³/mol. The van der Waals surface area contributed by atoms with E-state index in [0.29, 0.717) is 17.6 Å². The van der Waals surface area contributed by atoms with E-state index in [1.54, 1.807) is 0 Å². The molecular weight excluding hydrogens is 827 g/mol. The molecule has 0 bridgehead atoms. The van der Waals surface area contributed by atoms with Gasteiger partial charge in [0.05, 0.1) is 22.1 Å². The van der Waals surface area contributed by atoms with Crippen LogP contribution in [0, 0.1) is 0 Å². The molecular formula is C63H45N5. The van der Waals surface area contributed by atoms with Crippen molar-refractivity contribution in [3.63, 3.8) is 0 Å². The Balaban J connectivity index is 1.13. The Morgan fingerprint density at radius 2 is 0.897 bits per heavy atom. The first-order valence-electron chi connectivity index (χ1n) is 23.6. The zero-order chi connectivity index (χ0) is 45.5. The Bertz CT molecular complexity index is 4010. The molecule has 0 unspecified atom stereocenters. The average Bonchev–Trinajstić information content (AvgIpc) is 4.04. The average molecular weight is 872 g/mol. The van der Waals surface area contributed by atoms with Crippen molar-refractivity contribution in [2.75, 3.05) is 0 Å². The Morgan fingerprint density at radius 1 is 0.353 bits per heavy atom. The van der Waals surface area contributed by atoms with E-state index in [4.69, 9.17) is 15.0 Å². The van der Waals surface area contributed by atoms with Crippen LogP contribution in [0.3, 0.4) is 0 Å². The number of rotatable bonds is 5. The first kappa shape index (κ1) is 38.8. The fraction of sp³-hybridized carbons (Fsp3) is 0.0952. The van der Waals surface area contributed by atoms with Crippen molar-refractivity contribution >= 4 is 43.6 Å². The second-order valence-corrected chi connectivity index (χ2v) is 19.6. The molecule has 3 aromatic heterocycles. The molecule has 2 aliphatic rings. The fourth-order valence-electron chi connectivity index (χ4n) is 12.0. The summed E-state index contributed by atoms with van der Waals surface area (Å²) < 4.78 is 4.79. The molecule has 14 rings (SSSR count). The molecule has 0 aliphatic heterocycles. The minimum Gasteiger partial charge on any atom is -0.309 e. The SMILES string of the molecule is CC1(C)c2ccccc2-c2cc3c4cc(-c5c6c(cc7c8ccccc8n(-c8nc(-c9ccccc9)nc(-c9ccccc9)n8)c57)-c5ccccc5C6(C)C)ccc4n(-c4ccccc4)c3cc21. The molecule has 0 saturated heterocycles. The van der Waals surface area contributed by atoms with Gasteiger partial charge in [-0.25, -0.2) is 4.98 Å². The van der Waals surface area contributed by atoms with Gasteiger partial charge in [0.1, 0.15) is 0 Å². The zero-order valence-corrected chi connectivity index (χ0v) is 38.3. The first-order chi connectivity index (χ1) is 33.3. The summed E-state index contributed by atoms with van der Waals surface area (Å²) >= 11 is 0. The van der Waals surface area contributed by atoms with Crippen molar-refractivity contribution in [2.45, 2.75) is 38.5 Å². The van der Waals surface area contributed by atoms with Crippen LogP contribution in [0.5, 0.6) is 0 Å². The molecule has 0 N–H and O–H groups in total. The smallest absolute Gasteiger partial charge is 0.238 e. The van der Waals surface area contributed by atoms with Crippen LogP contribution >= 0.6 is 0 Å². The molecule has 0 saturated carbocycles. The van der Waals surface area contributed by atoms with Gasteiger partial charge in [-0.05, 0) is 98.6 Å². The van der Waals surface area contributed by atoms with E-state index in [-0.39, 0.29) is 10.8 Å². The maximum Gasteiger partial charge on any atom is 0.238 e. The lowest BCUT2D eigenvalue weighted by molar-refractivity contribution is 0.661. The molecule has 0 fully saturated rings. The lowest BCUT2D eigenvalue weighted by Crippen LogP contribution is -2.17. The summed E-state index contributed by atoms with van der Waals surface area (Å²) in [6.07, 6.45) is 0. The molecule has 68 heavy (non-hydrogen) atoms. The second kappa shape index (κ2) is 14.1.